The van der Waals surface area contributed by atoms with Crippen molar-refractivity contribution in [1.82, 2.24) is 25.1 Å². The molecule has 29 heavy (non-hydrogen) atoms. The molecule has 2 N–H and O–H groups in total. The topological polar surface area (TPSA) is 102 Å². The van der Waals surface area contributed by atoms with E-state index in [1.54, 1.807) is 23.1 Å². The van der Waals surface area contributed by atoms with E-state index in [9.17, 15) is 9.59 Å². The number of fused-ring (bicyclic) bond motifs is 2. The zero-order valence-corrected chi connectivity index (χ0v) is 16.1. The van der Waals surface area contributed by atoms with Crippen molar-refractivity contribution in [3.63, 3.8) is 0 Å². The molecule has 1 aliphatic carbocycles. The second-order valence-corrected chi connectivity index (χ2v) is 7.82. The van der Waals surface area contributed by atoms with Crippen LogP contribution >= 0.6 is 0 Å². The second-order valence-electron chi connectivity index (χ2n) is 7.82. The van der Waals surface area contributed by atoms with Crippen LogP contribution < -0.4 is 10.9 Å². The average molecular weight is 393 g/mol. The SMILES string of the molecule is O=C(NC1CCC(n2nc3c(cc2=O)COCC3)CC1)c1ccc2nc[nH]c2c1. The van der Waals surface area contributed by atoms with E-state index in [2.05, 4.69) is 20.4 Å². The van der Waals surface area contributed by atoms with Crippen LogP contribution in [-0.4, -0.2) is 38.3 Å². The fourth-order valence-corrected chi connectivity index (χ4v) is 4.30. The second kappa shape index (κ2) is 7.44. The molecule has 0 unspecified atom stereocenters. The van der Waals surface area contributed by atoms with Gasteiger partial charge in [-0.15, -0.1) is 0 Å². The fraction of sp³-hybridized carbons (Fsp3) is 0.429. The number of rotatable bonds is 3. The Kier molecular flexibility index (Phi) is 4.63. The summed E-state index contributed by atoms with van der Waals surface area (Å²) in [6.07, 6.45) is 5.69. The normalized spacial score (nSPS) is 21.7. The van der Waals surface area contributed by atoms with Gasteiger partial charge in [0.1, 0.15) is 0 Å². The molecule has 1 amide bonds. The third-order valence-electron chi connectivity index (χ3n) is 5.92. The number of carbonyl (C=O) groups is 1. The highest BCUT2D eigenvalue weighted by molar-refractivity contribution is 5.97. The van der Waals surface area contributed by atoms with Crippen LogP contribution in [0.15, 0.2) is 35.4 Å². The van der Waals surface area contributed by atoms with Crippen molar-refractivity contribution in [2.45, 2.75) is 50.8 Å². The number of carbonyl (C=O) groups excluding carboxylic acids is 1. The number of ether oxygens (including phenoxy) is 1. The summed E-state index contributed by atoms with van der Waals surface area (Å²) in [4.78, 5) is 32.3. The van der Waals surface area contributed by atoms with Crippen molar-refractivity contribution in [2.75, 3.05) is 6.61 Å². The van der Waals surface area contributed by atoms with E-state index in [0.29, 0.717) is 18.8 Å². The van der Waals surface area contributed by atoms with Crippen LogP contribution in [0.25, 0.3) is 11.0 Å². The van der Waals surface area contributed by atoms with Crippen molar-refractivity contribution >= 4 is 16.9 Å². The summed E-state index contributed by atoms with van der Waals surface area (Å²) >= 11 is 0. The number of imidazole rings is 1. The molecule has 0 radical (unpaired) electrons. The molecule has 1 fully saturated rings. The van der Waals surface area contributed by atoms with Gasteiger partial charge in [-0.05, 0) is 43.9 Å². The standard InChI is InChI=1S/C21H23N5O3/c27-20-10-14-11-29-8-7-17(14)25-26(20)16-4-2-15(3-5-16)24-21(28)13-1-6-18-19(9-13)23-12-22-18/h1,6,9-10,12,15-16H,2-5,7-8,11H2,(H,22,23)(H,24,28). The number of hydrogen-bond donors (Lipinski definition) is 2. The predicted octanol–water partition coefficient (Wildman–Crippen LogP) is 2.11. The zero-order valence-electron chi connectivity index (χ0n) is 16.1. The highest BCUT2D eigenvalue weighted by atomic mass is 16.5. The molecule has 2 aromatic heterocycles. The Hall–Kier alpha value is -3.00. The first-order valence-corrected chi connectivity index (χ1v) is 10.1. The number of amides is 1. The van der Waals surface area contributed by atoms with Gasteiger partial charge in [0.05, 0.1) is 42.3 Å². The maximum Gasteiger partial charge on any atom is 0.267 e. The van der Waals surface area contributed by atoms with Gasteiger partial charge in [0.25, 0.3) is 11.5 Å². The van der Waals surface area contributed by atoms with Crippen molar-refractivity contribution in [2.24, 2.45) is 0 Å². The van der Waals surface area contributed by atoms with Gasteiger partial charge in [0.15, 0.2) is 0 Å². The summed E-state index contributed by atoms with van der Waals surface area (Å²) in [7, 11) is 0. The van der Waals surface area contributed by atoms with Crippen LogP contribution in [-0.2, 0) is 17.8 Å². The maximum atomic E-state index is 12.6. The Morgan fingerprint density at radius 3 is 2.93 bits per heavy atom. The van der Waals surface area contributed by atoms with Crippen LogP contribution in [0.3, 0.4) is 0 Å². The Labute approximate surface area is 167 Å². The van der Waals surface area contributed by atoms with E-state index in [4.69, 9.17) is 4.74 Å². The number of aromatic amines is 1. The van der Waals surface area contributed by atoms with E-state index in [0.717, 1.165) is 54.4 Å². The molecule has 0 bridgehead atoms. The lowest BCUT2D eigenvalue weighted by Crippen LogP contribution is -2.40. The first-order chi connectivity index (χ1) is 14.2. The Bertz CT molecular complexity index is 1110. The third kappa shape index (κ3) is 3.55. The molecular weight excluding hydrogens is 370 g/mol. The van der Waals surface area contributed by atoms with E-state index in [1.807, 2.05) is 12.1 Å². The minimum atomic E-state index is -0.0750. The van der Waals surface area contributed by atoms with Crippen molar-refractivity contribution in [1.29, 1.82) is 0 Å². The van der Waals surface area contributed by atoms with E-state index in [1.165, 1.54) is 0 Å². The molecule has 1 aliphatic heterocycles. The molecule has 0 saturated heterocycles. The Morgan fingerprint density at radius 1 is 1.21 bits per heavy atom. The average Bonchev–Trinajstić information content (AvgIpc) is 3.22. The molecule has 0 atom stereocenters. The zero-order chi connectivity index (χ0) is 19.8. The quantitative estimate of drug-likeness (QED) is 0.710. The van der Waals surface area contributed by atoms with Crippen LogP contribution in [0, 0.1) is 0 Å². The predicted molar refractivity (Wildman–Crippen MR) is 107 cm³/mol. The summed E-state index contributed by atoms with van der Waals surface area (Å²) in [6.45, 7) is 1.13. The number of aromatic nitrogens is 4. The summed E-state index contributed by atoms with van der Waals surface area (Å²) in [6, 6.07) is 7.33. The molecule has 8 nitrogen and oxygen atoms in total. The summed E-state index contributed by atoms with van der Waals surface area (Å²) < 4.78 is 7.06. The first kappa shape index (κ1) is 18.1. The number of H-pyrrole nitrogens is 1. The molecule has 150 valence electrons. The molecule has 3 heterocycles. The van der Waals surface area contributed by atoms with Gasteiger partial charge in [-0.3, -0.25) is 9.59 Å². The molecule has 3 aromatic rings. The summed E-state index contributed by atoms with van der Waals surface area (Å²) in [5.74, 6) is -0.0750. The molecule has 8 heteroatoms. The first-order valence-electron chi connectivity index (χ1n) is 10.1. The van der Waals surface area contributed by atoms with Gasteiger partial charge in [0.2, 0.25) is 0 Å². The van der Waals surface area contributed by atoms with Gasteiger partial charge in [-0.25, -0.2) is 9.67 Å². The summed E-state index contributed by atoms with van der Waals surface area (Å²) in [5.41, 5.74) is 4.14. The van der Waals surface area contributed by atoms with E-state index in [-0.39, 0.29) is 23.6 Å². The minimum Gasteiger partial charge on any atom is -0.376 e. The highest BCUT2D eigenvalue weighted by Crippen LogP contribution is 2.28. The van der Waals surface area contributed by atoms with Gasteiger partial charge in [-0.2, -0.15) is 5.10 Å². The molecular formula is C21H23N5O3. The monoisotopic (exact) mass is 393 g/mol. The molecule has 1 aromatic carbocycles. The number of nitrogens with one attached hydrogen (secondary N) is 2. The Balaban J connectivity index is 1.23. The third-order valence-corrected chi connectivity index (χ3v) is 5.92. The molecule has 2 aliphatic rings. The highest BCUT2D eigenvalue weighted by Gasteiger charge is 2.26. The lowest BCUT2D eigenvalue weighted by atomic mass is 9.91. The van der Waals surface area contributed by atoms with Crippen molar-refractivity contribution < 1.29 is 9.53 Å². The molecule has 0 spiro atoms. The van der Waals surface area contributed by atoms with Crippen LogP contribution in [0.4, 0.5) is 0 Å². The van der Waals surface area contributed by atoms with Crippen molar-refractivity contribution in [3.8, 4) is 0 Å². The lowest BCUT2D eigenvalue weighted by Gasteiger charge is -2.30. The maximum absolute atomic E-state index is 12.6. The van der Waals surface area contributed by atoms with E-state index < -0.39 is 0 Å². The van der Waals surface area contributed by atoms with Gasteiger partial charge in [-0.1, -0.05) is 0 Å². The largest absolute Gasteiger partial charge is 0.376 e. The number of hydrogen-bond acceptors (Lipinski definition) is 5. The van der Waals surface area contributed by atoms with Crippen LogP contribution in [0.1, 0.15) is 53.3 Å². The molecule has 1 saturated carbocycles. The van der Waals surface area contributed by atoms with Gasteiger partial charge >= 0.3 is 0 Å². The van der Waals surface area contributed by atoms with Crippen LogP contribution in [0.5, 0.6) is 0 Å². The van der Waals surface area contributed by atoms with E-state index >= 15 is 0 Å². The lowest BCUT2D eigenvalue weighted by molar-refractivity contribution is 0.0920. The van der Waals surface area contributed by atoms with Crippen LogP contribution in [0.2, 0.25) is 0 Å². The number of nitrogens with zero attached hydrogens (tertiary/aromatic N) is 3. The minimum absolute atomic E-state index is 0.0606. The smallest absolute Gasteiger partial charge is 0.267 e. The summed E-state index contributed by atoms with van der Waals surface area (Å²) in [5, 5.41) is 7.75. The van der Waals surface area contributed by atoms with Gasteiger partial charge < -0.3 is 15.0 Å². The van der Waals surface area contributed by atoms with Crippen molar-refractivity contribution in [3.05, 3.63) is 57.8 Å². The van der Waals surface area contributed by atoms with Gasteiger partial charge in [0, 0.05) is 29.7 Å². The molecule has 5 rings (SSSR count). The Morgan fingerprint density at radius 2 is 2.07 bits per heavy atom. The number of benzene rings is 1. The fourth-order valence-electron chi connectivity index (χ4n) is 4.30.